The van der Waals surface area contributed by atoms with Gasteiger partial charge in [-0.25, -0.2) is 0 Å². The molecule has 170 valence electrons. The normalized spacial score (nSPS) is 16.5. The second-order valence-electron chi connectivity index (χ2n) is 8.42. The van der Waals surface area contributed by atoms with Crippen molar-refractivity contribution in [3.8, 4) is 0 Å². The van der Waals surface area contributed by atoms with E-state index in [0.717, 1.165) is 32.1 Å². The van der Waals surface area contributed by atoms with Crippen molar-refractivity contribution in [1.82, 2.24) is 10.2 Å². The van der Waals surface area contributed by atoms with E-state index < -0.39 is 0 Å². The summed E-state index contributed by atoms with van der Waals surface area (Å²) in [6.07, 6.45) is 4.84. The lowest BCUT2D eigenvalue weighted by molar-refractivity contribution is -0.00492. The number of hydrogen-bond donors (Lipinski definition) is 1. The summed E-state index contributed by atoms with van der Waals surface area (Å²) in [5, 5.41) is 3.63. The Balaban J connectivity index is 0.00000784. The molecule has 0 bridgehead atoms. The summed E-state index contributed by atoms with van der Waals surface area (Å²) in [5.74, 6) is 0.755. The highest BCUT2D eigenvalue weighted by molar-refractivity contribution is 4.78. The Morgan fingerprint density at radius 1 is 0.786 bits per heavy atom. The van der Waals surface area contributed by atoms with Gasteiger partial charge in [0, 0.05) is 26.7 Å². The van der Waals surface area contributed by atoms with E-state index in [0.29, 0.717) is 51.7 Å². The van der Waals surface area contributed by atoms with Crippen LogP contribution in [0, 0.1) is 5.92 Å². The van der Waals surface area contributed by atoms with Gasteiger partial charge in [0.2, 0.25) is 0 Å². The fourth-order valence-corrected chi connectivity index (χ4v) is 3.34. The van der Waals surface area contributed by atoms with E-state index in [9.17, 15) is 0 Å². The maximum absolute atomic E-state index is 5.68. The van der Waals surface area contributed by atoms with Crippen LogP contribution in [0.1, 0.15) is 54.8 Å². The van der Waals surface area contributed by atoms with Crippen molar-refractivity contribution >= 4 is 0 Å². The van der Waals surface area contributed by atoms with E-state index in [-0.39, 0.29) is 1.43 Å². The molecule has 0 aromatic rings. The third kappa shape index (κ3) is 15.7. The fourth-order valence-electron chi connectivity index (χ4n) is 3.34. The first kappa shape index (κ1) is 25.8. The average Bonchev–Trinajstić information content (AvgIpc) is 2.65. The van der Waals surface area contributed by atoms with Crippen molar-refractivity contribution in [3.05, 3.63) is 0 Å². The van der Waals surface area contributed by atoms with Crippen molar-refractivity contribution in [2.45, 2.75) is 65.5 Å². The van der Waals surface area contributed by atoms with E-state index in [4.69, 9.17) is 18.9 Å². The number of piperidine rings is 1. The van der Waals surface area contributed by atoms with Gasteiger partial charge >= 0.3 is 0 Å². The topological polar surface area (TPSA) is 52.2 Å². The first-order valence-corrected chi connectivity index (χ1v) is 11.4. The Morgan fingerprint density at radius 2 is 1.29 bits per heavy atom. The van der Waals surface area contributed by atoms with E-state index in [1.54, 1.807) is 0 Å². The summed E-state index contributed by atoms with van der Waals surface area (Å²) in [7, 11) is 0. The maximum Gasteiger partial charge on any atom is 0.0701 e. The van der Waals surface area contributed by atoms with Crippen LogP contribution >= 0.6 is 0 Å². The summed E-state index contributed by atoms with van der Waals surface area (Å²) in [5.41, 5.74) is 0. The van der Waals surface area contributed by atoms with Crippen LogP contribution in [0.25, 0.3) is 0 Å². The summed E-state index contributed by atoms with van der Waals surface area (Å²) in [6.45, 7) is 17.8. The number of nitrogens with one attached hydrogen (secondary N) is 1. The van der Waals surface area contributed by atoms with Gasteiger partial charge in [-0.05, 0) is 44.7 Å². The molecule has 0 aromatic heterocycles. The minimum atomic E-state index is 0. The third-order valence-electron chi connectivity index (χ3n) is 4.89. The van der Waals surface area contributed by atoms with Crippen LogP contribution in [0.3, 0.4) is 0 Å². The number of nitrogens with zero attached hydrogens (tertiary/aromatic N) is 1. The quantitative estimate of drug-likeness (QED) is 0.354. The fraction of sp³-hybridized carbons (Fsp3) is 1.00. The molecule has 0 spiro atoms. The van der Waals surface area contributed by atoms with E-state index in [1.807, 2.05) is 0 Å². The molecule has 1 rings (SSSR count). The number of rotatable bonds is 18. The van der Waals surface area contributed by atoms with Crippen LogP contribution in [0.4, 0.5) is 0 Å². The van der Waals surface area contributed by atoms with Crippen LogP contribution in [-0.4, -0.2) is 89.5 Å². The molecule has 6 heteroatoms. The summed E-state index contributed by atoms with van der Waals surface area (Å²) < 4.78 is 22.3. The van der Waals surface area contributed by atoms with Gasteiger partial charge in [-0.3, -0.25) is 0 Å². The Morgan fingerprint density at radius 3 is 1.79 bits per heavy atom. The smallest absolute Gasteiger partial charge is 0.0701 e. The molecule has 1 heterocycles. The minimum Gasteiger partial charge on any atom is -0.379 e. The molecule has 1 aliphatic heterocycles. The number of hydrogen-bond acceptors (Lipinski definition) is 6. The molecular formula is C22H48N2O4. The van der Waals surface area contributed by atoms with Crippen LogP contribution in [-0.2, 0) is 18.9 Å². The van der Waals surface area contributed by atoms with Crippen LogP contribution in [0.15, 0.2) is 0 Å². The molecule has 0 radical (unpaired) electrons. The summed E-state index contributed by atoms with van der Waals surface area (Å²) >= 11 is 0. The van der Waals surface area contributed by atoms with E-state index >= 15 is 0 Å². The predicted octanol–water partition coefficient (Wildman–Crippen LogP) is 3.20. The molecule has 0 unspecified atom stereocenters. The molecule has 1 saturated heterocycles. The number of likely N-dealkylation sites (tertiary alicyclic amines) is 1. The van der Waals surface area contributed by atoms with Gasteiger partial charge in [0.05, 0.1) is 46.2 Å². The molecule has 0 atom stereocenters. The first-order chi connectivity index (χ1) is 13.6. The van der Waals surface area contributed by atoms with Crippen molar-refractivity contribution in [1.29, 1.82) is 0 Å². The second-order valence-corrected chi connectivity index (χ2v) is 8.42. The average molecular weight is 405 g/mol. The lowest BCUT2D eigenvalue weighted by Gasteiger charge is -2.33. The van der Waals surface area contributed by atoms with Crippen molar-refractivity contribution < 1.29 is 20.4 Å². The van der Waals surface area contributed by atoms with Crippen LogP contribution in [0.2, 0.25) is 0 Å². The van der Waals surface area contributed by atoms with Crippen LogP contribution in [0.5, 0.6) is 0 Å². The van der Waals surface area contributed by atoms with Crippen molar-refractivity contribution in [2.75, 3.05) is 72.5 Å². The molecule has 1 fully saturated rings. The molecule has 0 saturated carbocycles. The highest BCUT2D eigenvalue weighted by Gasteiger charge is 2.18. The van der Waals surface area contributed by atoms with Gasteiger partial charge in [-0.2, -0.15) is 0 Å². The molecule has 1 aliphatic rings. The van der Waals surface area contributed by atoms with Gasteiger partial charge in [0.25, 0.3) is 0 Å². The molecule has 1 N–H and O–H groups in total. The molecule has 0 aliphatic carbocycles. The summed E-state index contributed by atoms with van der Waals surface area (Å²) in [4.78, 5) is 2.50. The zero-order valence-corrected chi connectivity index (χ0v) is 18.9. The summed E-state index contributed by atoms with van der Waals surface area (Å²) in [6, 6.07) is 1.27. The highest BCUT2D eigenvalue weighted by Crippen LogP contribution is 2.10. The lowest BCUT2D eigenvalue weighted by atomic mass is 10.0. The molecule has 0 amide bonds. The first-order valence-electron chi connectivity index (χ1n) is 11.4. The molecule has 28 heavy (non-hydrogen) atoms. The van der Waals surface area contributed by atoms with Crippen molar-refractivity contribution in [3.63, 3.8) is 0 Å². The Bertz CT molecular complexity index is 341. The monoisotopic (exact) mass is 404 g/mol. The van der Waals surface area contributed by atoms with Gasteiger partial charge in [0.1, 0.15) is 0 Å². The highest BCUT2D eigenvalue weighted by atomic mass is 16.6. The standard InChI is InChI=1S/C22H46N2O4.H2/c1-20(2)6-5-12-25-14-16-27-18-19-28-17-15-26-13-11-24-9-7-22(8-10-24)23-21(3)4;/h20-23H,5-19H2,1-4H3;1H. The van der Waals surface area contributed by atoms with Gasteiger partial charge in [-0.1, -0.05) is 27.7 Å². The Kier molecular flexibility index (Phi) is 16.2. The predicted molar refractivity (Wildman–Crippen MR) is 117 cm³/mol. The van der Waals surface area contributed by atoms with Crippen LogP contribution < -0.4 is 5.32 Å². The number of ether oxygens (including phenoxy) is 4. The largest absolute Gasteiger partial charge is 0.379 e. The minimum absolute atomic E-state index is 0. The Hall–Kier alpha value is -0.240. The maximum atomic E-state index is 5.68. The molecule has 0 aromatic carbocycles. The van der Waals surface area contributed by atoms with Gasteiger partial charge in [0.15, 0.2) is 0 Å². The van der Waals surface area contributed by atoms with Gasteiger partial charge in [-0.15, -0.1) is 0 Å². The van der Waals surface area contributed by atoms with E-state index in [1.165, 1.54) is 32.4 Å². The van der Waals surface area contributed by atoms with Gasteiger partial charge < -0.3 is 29.2 Å². The van der Waals surface area contributed by atoms with E-state index in [2.05, 4.69) is 37.9 Å². The third-order valence-corrected chi connectivity index (χ3v) is 4.89. The molecule has 6 nitrogen and oxygen atoms in total. The SMILES string of the molecule is CC(C)CCCOCCOCCOCCOCCN1CCC(NC(C)C)CC1.[HH]. The zero-order valence-electron chi connectivity index (χ0n) is 18.9. The van der Waals surface area contributed by atoms with Crippen molar-refractivity contribution in [2.24, 2.45) is 5.92 Å². The lowest BCUT2D eigenvalue weighted by Crippen LogP contribution is -2.45. The second kappa shape index (κ2) is 17.6. The zero-order chi connectivity index (χ0) is 20.5. The molecular weight excluding hydrogens is 356 g/mol. The Labute approximate surface area is 175 Å².